The lowest BCUT2D eigenvalue weighted by Crippen LogP contribution is -2.53. The van der Waals surface area contributed by atoms with E-state index in [0.29, 0.717) is 23.9 Å². The zero-order chi connectivity index (χ0) is 20.1. The third kappa shape index (κ3) is 4.77. The van der Waals surface area contributed by atoms with Gasteiger partial charge in [-0.1, -0.05) is 36.4 Å². The van der Waals surface area contributed by atoms with Gasteiger partial charge in [0.05, 0.1) is 0 Å². The Hall–Kier alpha value is -2.86. The Balaban J connectivity index is 1.22. The lowest BCUT2D eigenvalue weighted by Gasteiger charge is -2.38. The molecule has 4 rings (SSSR count). The van der Waals surface area contributed by atoms with E-state index in [1.165, 1.54) is 0 Å². The minimum absolute atomic E-state index is 0.0500. The molecule has 2 heterocycles. The number of para-hydroxylation sites is 1. The molecule has 2 aliphatic heterocycles. The normalized spacial score (nSPS) is 22.9. The Bertz CT molecular complexity index is 814. The van der Waals surface area contributed by atoms with Gasteiger partial charge in [-0.3, -0.25) is 4.79 Å². The lowest BCUT2D eigenvalue weighted by molar-refractivity contribution is 0.0934. The maximum Gasteiger partial charge on any atom is 0.415 e. The number of piperidine rings is 1. The molecule has 0 saturated carbocycles. The lowest BCUT2D eigenvalue weighted by atomic mass is 9.98. The summed E-state index contributed by atoms with van der Waals surface area (Å²) in [6, 6.07) is 19.3. The molecular formula is C23H27N3O3. The smallest absolute Gasteiger partial charge is 0.410 e. The molecule has 2 aromatic carbocycles. The van der Waals surface area contributed by atoms with Gasteiger partial charge in [0, 0.05) is 36.8 Å². The second-order valence-electron chi connectivity index (χ2n) is 7.72. The average Bonchev–Trinajstić information content (AvgIpc) is 3.03. The van der Waals surface area contributed by atoms with E-state index in [4.69, 9.17) is 4.74 Å². The van der Waals surface area contributed by atoms with Crippen LogP contribution in [0.15, 0.2) is 60.7 Å². The molecule has 2 bridgehead atoms. The molecular weight excluding hydrogens is 366 g/mol. The first kappa shape index (κ1) is 19.5. The Morgan fingerprint density at radius 1 is 0.897 bits per heavy atom. The van der Waals surface area contributed by atoms with Crippen LogP contribution >= 0.6 is 0 Å². The van der Waals surface area contributed by atoms with Crippen LogP contribution in [-0.4, -0.2) is 48.1 Å². The van der Waals surface area contributed by atoms with Gasteiger partial charge in [-0.2, -0.15) is 0 Å². The van der Waals surface area contributed by atoms with Crippen LogP contribution in [0.4, 0.5) is 4.79 Å². The summed E-state index contributed by atoms with van der Waals surface area (Å²) in [4.78, 5) is 26.7. The van der Waals surface area contributed by atoms with Gasteiger partial charge in [0.2, 0.25) is 0 Å². The number of benzene rings is 2. The van der Waals surface area contributed by atoms with Crippen LogP contribution < -0.4 is 15.4 Å². The summed E-state index contributed by atoms with van der Waals surface area (Å²) in [5, 5.41) is 6.49. The van der Waals surface area contributed by atoms with E-state index in [9.17, 15) is 9.59 Å². The molecule has 2 fully saturated rings. The molecule has 0 aliphatic carbocycles. The molecule has 2 N–H and O–H groups in total. The molecule has 2 aliphatic rings. The van der Waals surface area contributed by atoms with Crippen LogP contribution in [0.3, 0.4) is 0 Å². The van der Waals surface area contributed by atoms with Gasteiger partial charge < -0.3 is 20.3 Å². The molecule has 152 valence electrons. The highest BCUT2D eigenvalue weighted by molar-refractivity contribution is 5.94. The van der Waals surface area contributed by atoms with Crippen LogP contribution in [0, 0.1) is 0 Å². The number of nitrogens with zero attached hydrogens (tertiary/aromatic N) is 1. The summed E-state index contributed by atoms with van der Waals surface area (Å²) in [5.41, 5.74) is 0.677. The van der Waals surface area contributed by atoms with Crippen LogP contribution in [0.5, 0.6) is 5.75 Å². The van der Waals surface area contributed by atoms with Gasteiger partial charge in [-0.05, 0) is 49.9 Å². The van der Waals surface area contributed by atoms with E-state index < -0.39 is 0 Å². The van der Waals surface area contributed by atoms with Crippen molar-refractivity contribution in [1.82, 2.24) is 15.5 Å². The Kier molecular flexibility index (Phi) is 6.10. The Labute approximate surface area is 171 Å². The van der Waals surface area contributed by atoms with E-state index in [0.717, 1.165) is 32.2 Å². The number of ether oxygens (including phenoxy) is 1. The number of carbonyl (C=O) groups excluding carboxylic acids is 2. The summed E-state index contributed by atoms with van der Waals surface area (Å²) in [6.07, 6.45) is 3.66. The highest BCUT2D eigenvalue weighted by Gasteiger charge is 2.44. The number of nitrogens with one attached hydrogen (secondary N) is 2. The van der Waals surface area contributed by atoms with Crippen molar-refractivity contribution in [2.75, 3.05) is 13.1 Å². The van der Waals surface area contributed by atoms with Crippen molar-refractivity contribution in [3.8, 4) is 5.75 Å². The zero-order valence-corrected chi connectivity index (χ0v) is 16.4. The Morgan fingerprint density at radius 2 is 1.52 bits per heavy atom. The SMILES string of the molecule is O=C(NCCNC1C[C@H]2CC[C@@H](C1)N2C(=O)Oc1ccccc1)c1ccccc1. The Morgan fingerprint density at radius 3 is 2.17 bits per heavy atom. The molecule has 1 unspecified atom stereocenters. The van der Waals surface area contributed by atoms with Gasteiger partial charge in [0.15, 0.2) is 0 Å². The molecule has 0 radical (unpaired) electrons. The topological polar surface area (TPSA) is 70.7 Å². The van der Waals surface area contributed by atoms with Crippen molar-refractivity contribution in [2.24, 2.45) is 0 Å². The maximum atomic E-state index is 12.6. The van der Waals surface area contributed by atoms with Gasteiger partial charge in [0.1, 0.15) is 5.75 Å². The second kappa shape index (κ2) is 9.09. The van der Waals surface area contributed by atoms with Crippen LogP contribution in [0.1, 0.15) is 36.0 Å². The molecule has 6 nitrogen and oxygen atoms in total. The first-order valence-corrected chi connectivity index (χ1v) is 10.3. The van der Waals surface area contributed by atoms with Crippen molar-refractivity contribution < 1.29 is 14.3 Å². The minimum atomic E-state index is -0.239. The summed E-state index contributed by atoms with van der Waals surface area (Å²) < 4.78 is 5.56. The standard InChI is InChI=1S/C23H27N3O3/c27-22(17-7-3-1-4-8-17)25-14-13-24-18-15-19-11-12-20(16-18)26(19)23(28)29-21-9-5-2-6-10-21/h1-10,18-20,24H,11-16H2,(H,25,27)/t18?,19-,20+. The summed E-state index contributed by atoms with van der Waals surface area (Å²) in [7, 11) is 0. The minimum Gasteiger partial charge on any atom is -0.410 e. The number of rotatable bonds is 6. The fraction of sp³-hybridized carbons (Fsp3) is 0.391. The largest absolute Gasteiger partial charge is 0.415 e. The number of fused-ring (bicyclic) bond motifs is 2. The van der Waals surface area contributed by atoms with Crippen molar-refractivity contribution in [2.45, 2.75) is 43.8 Å². The monoisotopic (exact) mass is 393 g/mol. The van der Waals surface area contributed by atoms with Crippen LogP contribution in [-0.2, 0) is 0 Å². The zero-order valence-electron chi connectivity index (χ0n) is 16.4. The number of carbonyl (C=O) groups is 2. The van der Waals surface area contributed by atoms with Crippen molar-refractivity contribution in [1.29, 1.82) is 0 Å². The fourth-order valence-corrected chi connectivity index (χ4v) is 4.43. The van der Waals surface area contributed by atoms with E-state index >= 15 is 0 Å². The van der Waals surface area contributed by atoms with E-state index in [1.807, 2.05) is 53.4 Å². The summed E-state index contributed by atoms with van der Waals surface area (Å²) in [6.45, 7) is 1.30. The van der Waals surface area contributed by atoms with Crippen LogP contribution in [0.25, 0.3) is 0 Å². The van der Waals surface area contributed by atoms with Gasteiger partial charge in [0.25, 0.3) is 5.91 Å². The van der Waals surface area contributed by atoms with E-state index in [2.05, 4.69) is 10.6 Å². The average molecular weight is 393 g/mol. The predicted octanol–water partition coefficient (Wildman–Crippen LogP) is 3.20. The molecule has 2 aromatic rings. The third-order valence-electron chi connectivity index (χ3n) is 5.77. The molecule has 2 saturated heterocycles. The molecule has 3 atom stereocenters. The van der Waals surface area contributed by atoms with Crippen molar-refractivity contribution in [3.63, 3.8) is 0 Å². The highest BCUT2D eigenvalue weighted by atomic mass is 16.6. The molecule has 29 heavy (non-hydrogen) atoms. The first-order valence-electron chi connectivity index (χ1n) is 10.3. The van der Waals surface area contributed by atoms with E-state index in [1.54, 1.807) is 12.1 Å². The molecule has 0 aromatic heterocycles. The van der Waals surface area contributed by atoms with Gasteiger partial charge in [-0.25, -0.2) is 4.79 Å². The fourth-order valence-electron chi connectivity index (χ4n) is 4.43. The molecule has 0 spiro atoms. The number of hydrogen-bond acceptors (Lipinski definition) is 4. The van der Waals surface area contributed by atoms with E-state index in [-0.39, 0.29) is 24.1 Å². The van der Waals surface area contributed by atoms with Crippen molar-refractivity contribution in [3.05, 3.63) is 66.2 Å². The van der Waals surface area contributed by atoms with Crippen LogP contribution in [0.2, 0.25) is 0 Å². The molecule has 6 heteroatoms. The number of hydrogen-bond donors (Lipinski definition) is 2. The third-order valence-corrected chi connectivity index (χ3v) is 5.77. The highest BCUT2D eigenvalue weighted by Crippen LogP contribution is 2.36. The molecule has 2 amide bonds. The van der Waals surface area contributed by atoms with Crippen molar-refractivity contribution >= 4 is 12.0 Å². The summed E-state index contributed by atoms with van der Waals surface area (Å²) in [5.74, 6) is 0.539. The van der Waals surface area contributed by atoms with Gasteiger partial charge in [-0.15, -0.1) is 0 Å². The predicted molar refractivity (Wildman–Crippen MR) is 111 cm³/mol. The second-order valence-corrected chi connectivity index (χ2v) is 7.72. The summed E-state index contributed by atoms with van der Waals surface area (Å²) >= 11 is 0. The first-order chi connectivity index (χ1) is 14.2. The van der Waals surface area contributed by atoms with Gasteiger partial charge >= 0.3 is 6.09 Å². The maximum absolute atomic E-state index is 12.6. The quantitative estimate of drug-likeness (QED) is 0.740. The number of amides is 2.